The fraction of sp³-hybridized carbons (Fsp3) is 1.00. The summed E-state index contributed by atoms with van der Waals surface area (Å²) in [5.41, 5.74) is 0. The van der Waals surface area contributed by atoms with E-state index < -0.39 is 15.9 Å². The zero-order valence-corrected chi connectivity index (χ0v) is 11.4. The van der Waals surface area contributed by atoms with Gasteiger partial charge in [-0.3, -0.25) is 0 Å². The van der Waals surface area contributed by atoms with Gasteiger partial charge >= 0.3 is 0 Å². The highest BCUT2D eigenvalue weighted by molar-refractivity contribution is 7.90. The Balaban J connectivity index is 3.31. The maximum absolute atomic E-state index is 10.9. The van der Waals surface area contributed by atoms with Crippen LogP contribution in [-0.4, -0.2) is 31.6 Å². The van der Waals surface area contributed by atoms with Gasteiger partial charge in [-0.25, -0.2) is 8.42 Å². The van der Waals surface area contributed by atoms with Gasteiger partial charge in [0.15, 0.2) is 0 Å². The van der Waals surface area contributed by atoms with Crippen molar-refractivity contribution in [1.82, 2.24) is 0 Å². The molecule has 0 aliphatic heterocycles. The Bertz CT molecular complexity index is 247. The monoisotopic (exact) mass is 250 g/mol. The van der Waals surface area contributed by atoms with Gasteiger partial charge in [-0.05, 0) is 6.42 Å². The molecule has 3 nitrogen and oxygen atoms in total. The van der Waals surface area contributed by atoms with Crippen molar-refractivity contribution in [3.05, 3.63) is 0 Å². The molecule has 0 aromatic heterocycles. The first kappa shape index (κ1) is 15.9. The maximum Gasteiger partial charge on any atom is 0.149 e. The normalized spacial score (nSPS) is 13.9. The van der Waals surface area contributed by atoms with E-state index in [1.54, 1.807) is 0 Å². The fourth-order valence-corrected chi connectivity index (χ4v) is 2.64. The molecule has 1 atom stereocenters. The highest BCUT2D eigenvalue weighted by atomic mass is 32.2. The summed E-state index contributed by atoms with van der Waals surface area (Å²) in [6.07, 6.45) is 9.45. The van der Waals surface area contributed by atoms with Crippen LogP contribution >= 0.6 is 0 Å². The van der Waals surface area contributed by atoms with Crippen molar-refractivity contribution in [2.45, 2.75) is 64.4 Å². The molecule has 0 aliphatic rings. The van der Waals surface area contributed by atoms with Crippen LogP contribution in [0.5, 0.6) is 0 Å². The molecule has 0 fully saturated rings. The maximum atomic E-state index is 10.9. The number of unbranched alkanes of at least 4 members (excludes halogenated alkanes) is 6. The summed E-state index contributed by atoms with van der Waals surface area (Å²) in [4.78, 5) is 0. The number of hydrogen-bond acceptors (Lipinski definition) is 3. The second-order valence-corrected chi connectivity index (χ2v) is 6.84. The van der Waals surface area contributed by atoms with Gasteiger partial charge in [-0.1, -0.05) is 51.9 Å². The van der Waals surface area contributed by atoms with E-state index in [-0.39, 0.29) is 5.75 Å². The van der Waals surface area contributed by atoms with Crippen LogP contribution in [0.25, 0.3) is 0 Å². The van der Waals surface area contributed by atoms with E-state index in [2.05, 4.69) is 6.92 Å². The van der Waals surface area contributed by atoms with Crippen molar-refractivity contribution in [3.63, 3.8) is 0 Å². The summed E-state index contributed by atoms with van der Waals surface area (Å²) in [7, 11) is -3.03. The zero-order valence-electron chi connectivity index (χ0n) is 10.6. The smallest absolute Gasteiger partial charge is 0.149 e. The molecule has 0 radical (unpaired) electrons. The van der Waals surface area contributed by atoms with Crippen molar-refractivity contribution >= 4 is 9.84 Å². The Labute approximate surface area is 100 Å². The quantitative estimate of drug-likeness (QED) is 0.606. The van der Waals surface area contributed by atoms with Crippen LogP contribution in [-0.2, 0) is 9.84 Å². The third-order valence-electron chi connectivity index (χ3n) is 2.64. The molecule has 0 saturated heterocycles. The molecule has 0 saturated carbocycles. The van der Waals surface area contributed by atoms with Gasteiger partial charge in [-0.2, -0.15) is 0 Å². The van der Waals surface area contributed by atoms with E-state index in [1.165, 1.54) is 38.4 Å². The molecule has 0 aliphatic carbocycles. The molecule has 16 heavy (non-hydrogen) atoms. The Morgan fingerprint density at radius 1 is 1.00 bits per heavy atom. The summed E-state index contributed by atoms with van der Waals surface area (Å²) >= 11 is 0. The Hall–Kier alpha value is -0.0900. The van der Waals surface area contributed by atoms with Crippen molar-refractivity contribution in [1.29, 1.82) is 0 Å². The van der Waals surface area contributed by atoms with Crippen LogP contribution < -0.4 is 0 Å². The first-order valence-electron chi connectivity index (χ1n) is 6.31. The minimum absolute atomic E-state index is 0.0944. The lowest BCUT2D eigenvalue weighted by molar-refractivity contribution is 0.183. The minimum atomic E-state index is -3.03. The second-order valence-electron chi connectivity index (χ2n) is 4.66. The van der Waals surface area contributed by atoms with E-state index in [9.17, 15) is 13.5 Å². The van der Waals surface area contributed by atoms with Crippen molar-refractivity contribution in [3.8, 4) is 0 Å². The van der Waals surface area contributed by atoms with Gasteiger partial charge in [0.25, 0.3) is 0 Å². The molecule has 0 spiro atoms. The lowest BCUT2D eigenvalue weighted by Gasteiger charge is -2.08. The summed E-state index contributed by atoms with van der Waals surface area (Å²) in [5, 5.41) is 9.45. The molecule has 0 heterocycles. The predicted octanol–water partition coefficient (Wildman–Crippen LogP) is 2.53. The van der Waals surface area contributed by atoms with Crippen LogP contribution in [0.4, 0.5) is 0 Å². The molecular formula is C12H26O3S. The molecule has 4 heteroatoms. The van der Waals surface area contributed by atoms with E-state index in [4.69, 9.17) is 0 Å². The number of aliphatic hydroxyl groups excluding tert-OH is 1. The van der Waals surface area contributed by atoms with Crippen molar-refractivity contribution in [2.24, 2.45) is 0 Å². The minimum Gasteiger partial charge on any atom is -0.392 e. The second kappa shape index (κ2) is 8.99. The fourth-order valence-electron chi connectivity index (χ4n) is 1.77. The van der Waals surface area contributed by atoms with E-state index in [0.29, 0.717) is 6.42 Å². The topological polar surface area (TPSA) is 54.4 Å². The van der Waals surface area contributed by atoms with Crippen LogP contribution in [0.1, 0.15) is 58.3 Å². The highest BCUT2D eigenvalue weighted by Crippen LogP contribution is 2.10. The summed E-state index contributed by atoms with van der Waals surface area (Å²) < 4.78 is 21.8. The number of sulfone groups is 1. The summed E-state index contributed by atoms with van der Waals surface area (Å²) in [5.74, 6) is -0.0944. The molecule has 0 aromatic rings. The lowest BCUT2D eigenvalue weighted by Crippen LogP contribution is -2.19. The van der Waals surface area contributed by atoms with Crippen LogP contribution in [0, 0.1) is 0 Å². The van der Waals surface area contributed by atoms with Gasteiger partial charge in [0, 0.05) is 6.26 Å². The molecule has 98 valence electrons. The SMILES string of the molecule is CCCCCCCCCC(O)CS(C)(=O)=O. The van der Waals surface area contributed by atoms with Crippen LogP contribution in [0.15, 0.2) is 0 Å². The number of rotatable bonds is 10. The van der Waals surface area contributed by atoms with E-state index in [0.717, 1.165) is 12.8 Å². The predicted molar refractivity (Wildman–Crippen MR) is 68.3 cm³/mol. The Morgan fingerprint density at radius 2 is 1.50 bits per heavy atom. The molecule has 0 bridgehead atoms. The van der Waals surface area contributed by atoms with Gasteiger partial charge in [0.2, 0.25) is 0 Å². The molecule has 1 unspecified atom stereocenters. The van der Waals surface area contributed by atoms with Gasteiger partial charge in [0.1, 0.15) is 9.84 Å². The lowest BCUT2D eigenvalue weighted by atomic mass is 10.1. The average molecular weight is 250 g/mol. The molecular weight excluding hydrogens is 224 g/mol. The third-order valence-corrected chi connectivity index (χ3v) is 3.63. The van der Waals surface area contributed by atoms with Gasteiger partial charge in [-0.15, -0.1) is 0 Å². The summed E-state index contributed by atoms with van der Waals surface area (Å²) in [6, 6.07) is 0. The summed E-state index contributed by atoms with van der Waals surface area (Å²) in [6.45, 7) is 2.20. The zero-order chi connectivity index (χ0) is 12.4. The number of aliphatic hydroxyl groups is 1. The van der Waals surface area contributed by atoms with Gasteiger partial charge in [0.05, 0.1) is 11.9 Å². The Kier molecular flexibility index (Phi) is 8.94. The first-order valence-corrected chi connectivity index (χ1v) is 8.37. The van der Waals surface area contributed by atoms with E-state index >= 15 is 0 Å². The standard InChI is InChI=1S/C12H26O3S/c1-3-4-5-6-7-8-9-10-12(13)11-16(2,14)15/h12-13H,3-11H2,1-2H3. The van der Waals surface area contributed by atoms with Crippen LogP contribution in [0.2, 0.25) is 0 Å². The molecule has 0 aromatic carbocycles. The van der Waals surface area contributed by atoms with Crippen molar-refractivity contribution < 1.29 is 13.5 Å². The highest BCUT2D eigenvalue weighted by Gasteiger charge is 2.11. The largest absolute Gasteiger partial charge is 0.392 e. The molecule has 0 rings (SSSR count). The Morgan fingerprint density at radius 3 is 2.00 bits per heavy atom. The van der Waals surface area contributed by atoms with E-state index in [1.807, 2.05) is 0 Å². The van der Waals surface area contributed by atoms with Gasteiger partial charge < -0.3 is 5.11 Å². The molecule has 0 amide bonds. The third kappa shape index (κ3) is 12.0. The number of hydrogen-bond donors (Lipinski definition) is 1. The van der Waals surface area contributed by atoms with Crippen molar-refractivity contribution in [2.75, 3.05) is 12.0 Å². The average Bonchev–Trinajstić information content (AvgIpc) is 2.13. The molecule has 1 N–H and O–H groups in total. The first-order chi connectivity index (χ1) is 7.45. The van der Waals surface area contributed by atoms with Crippen LogP contribution in [0.3, 0.4) is 0 Å².